The summed E-state index contributed by atoms with van der Waals surface area (Å²) in [6.07, 6.45) is 0. The van der Waals surface area contributed by atoms with Crippen LogP contribution in [-0.2, 0) is 0 Å². The van der Waals surface area contributed by atoms with Crippen molar-refractivity contribution in [1.82, 2.24) is 24.9 Å². The number of nitriles is 4. The smallest absolute Gasteiger partial charge is 0.307 e. The molecule has 0 N–H and O–H groups in total. The predicted molar refractivity (Wildman–Crippen MR) is 99.3 cm³/mol. The summed E-state index contributed by atoms with van der Waals surface area (Å²) in [4.78, 5) is 27.3. The lowest BCUT2D eigenvalue weighted by Gasteiger charge is -2.06. The minimum absolute atomic E-state index is 0.0306. The first kappa shape index (κ1) is 17.7. The summed E-state index contributed by atoms with van der Waals surface area (Å²) in [7, 11) is 0. The summed E-state index contributed by atoms with van der Waals surface area (Å²) in [6, 6.07) is 8.57. The van der Waals surface area contributed by atoms with Gasteiger partial charge in [0.05, 0.1) is 17.0 Å². The summed E-state index contributed by atoms with van der Waals surface area (Å²) in [5.74, 6) is -0.466. The van der Waals surface area contributed by atoms with Crippen LogP contribution in [0.3, 0.4) is 0 Å². The number of pyridine rings is 1. The van der Waals surface area contributed by atoms with Gasteiger partial charge >= 0.3 is 5.82 Å². The molecule has 0 unspecified atom stereocenters. The number of nitrogens with zero attached hydrogens (tertiary/aromatic N) is 11. The van der Waals surface area contributed by atoms with Gasteiger partial charge in [0, 0.05) is 0 Å². The third-order valence-corrected chi connectivity index (χ3v) is 4.13. The molecule has 0 saturated heterocycles. The highest BCUT2D eigenvalue weighted by atomic mass is 15.0. The van der Waals surface area contributed by atoms with E-state index < -0.39 is 0 Å². The van der Waals surface area contributed by atoms with Crippen LogP contribution in [-0.4, -0.2) is 24.9 Å². The fraction of sp³-hybridized carbons (Fsp3) is 0. The molecular formula is C19HN11. The summed E-state index contributed by atoms with van der Waals surface area (Å²) in [5, 5.41) is 37.5. The van der Waals surface area contributed by atoms with Crippen LogP contribution in [0.5, 0.6) is 0 Å². The molecule has 0 bridgehead atoms. The molecule has 3 heterocycles. The van der Waals surface area contributed by atoms with E-state index in [2.05, 4.69) is 34.6 Å². The Balaban J connectivity index is 2.42. The van der Waals surface area contributed by atoms with Gasteiger partial charge in [-0.3, -0.25) is 0 Å². The van der Waals surface area contributed by atoms with Gasteiger partial charge in [-0.15, -0.1) is 9.97 Å². The van der Waals surface area contributed by atoms with Crippen molar-refractivity contribution in [2.75, 3.05) is 0 Å². The van der Waals surface area contributed by atoms with Crippen molar-refractivity contribution < 1.29 is 0 Å². The Kier molecular flexibility index (Phi) is 3.79. The van der Waals surface area contributed by atoms with Gasteiger partial charge in [0.25, 0.3) is 5.82 Å². The molecule has 0 radical (unpaired) electrons. The van der Waals surface area contributed by atoms with Gasteiger partial charge in [0.15, 0.2) is 17.1 Å². The first-order valence-corrected chi connectivity index (χ1v) is 7.85. The molecule has 132 valence electrons. The molecule has 11 heteroatoms. The Morgan fingerprint density at radius 1 is 0.600 bits per heavy atom. The summed E-state index contributed by atoms with van der Waals surface area (Å²) < 4.78 is 0. The van der Waals surface area contributed by atoms with Crippen molar-refractivity contribution >= 4 is 44.6 Å². The second-order valence-corrected chi connectivity index (χ2v) is 5.64. The zero-order valence-corrected chi connectivity index (χ0v) is 14.5. The first-order valence-electron chi connectivity index (χ1n) is 7.85. The van der Waals surface area contributed by atoms with E-state index in [4.69, 9.17) is 13.1 Å². The second kappa shape index (κ2) is 6.45. The molecule has 0 atom stereocenters. The van der Waals surface area contributed by atoms with E-state index in [-0.39, 0.29) is 67.3 Å². The molecule has 0 aliphatic heterocycles. The van der Waals surface area contributed by atoms with Crippen molar-refractivity contribution in [2.24, 2.45) is 0 Å². The maximum Gasteiger partial charge on any atom is 0.307 e. The van der Waals surface area contributed by atoms with Crippen molar-refractivity contribution in [3.05, 3.63) is 51.5 Å². The van der Waals surface area contributed by atoms with Crippen molar-refractivity contribution in [3.63, 3.8) is 0 Å². The first-order chi connectivity index (χ1) is 14.6. The quantitative estimate of drug-likeness (QED) is 0.327. The number of benzene rings is 1. The maximum absolute atomic E-state index is 9.36. The highest BCUT2D eigenvalue weighted by Crippen LogP contribution is 2.35. The molecule has 30 heavy (non-hydrogen) atoms. The highest BCUT2D eigenvalue weighted by molar-refractivity contribution is 6.20. The van der Waals surface area contributed by atoms with Gasteiger partial charge in [-0.05, 0) is 6.07 Å². The lowest BCUT2D eigenvalue weighted by molar-refractivity contribution is 1.19. The van der Waals surface area contributed by atoms with Gasteiger partial charge in [-0.2, -0.15) is 21.0 Å². The topological polar surface area (TPSA) is 168 Å². The molecule has 0 saturated carbocycles. The van der Waals surface area contributed by atoms with Crippen molar-refractivity contribution in [3.8, 4) is 24.3 Å². The normalized spacial score (nSPS) is 9.80. The van der Waals surface area contributed by atoms with Crippen molar-refractivity contribution in [1.29, 1.82) is 21.0 Å². The van der Waals surface area contributed by atoms with E-state index in [1.165, 1.54) is 6.07 Å². The van der Waals surface area contributed by atoms with E-state index in [0.717, 1.165) is 0 Å². The fourth-order valence-electron chi connectivity index (χ4n) is 2.89. The van der Waals surface area contributed by atoms with Crippen LogP contribution in [0.25, 0.3) is 42.7 Å². The van der Waals surface area contributed by atoms with Gasteiger partial charge in [0.1, 0.15) is 34.8 Å². The van der Waals surface area contributed by atoms with E-state index in [9.17, 15) is 21.0 Å². The van der Waals surface area contributed by atoms with Crippen LogP contribution in [0.15, 0.2) is 6.07 Å². The number of hydrogen-bond donors (Lipinski definition) is 0. The Hall–Kier alpha value is -5.75. The standard InChI is InChI=1S/C19HN11/c1-24-18-8(4-20)3-9-13-15(27-11(6-22)10(5-21)26-13)17-16(14(9)29-18)30-19(25-2)12(7-23)28-17/h3H. The molecule has 4 rings (SSSR count). The van der Waals surface area contributed by atoms with Gasteiger partial charge in [0.2, 0.25) is 11.0 Å². The zero-order valence-electron chi connectivity index (χ0n) is 14.5. The number of rotatable bonds is 0. The lowest BCUT2D eigenvalue weighted by Crippen LogP contribution is -2.01. The molecule has 11 nitrogen and oxygen atoms in total. The van der Waals surface area contributed by atoms with Crippen LogP contribution < -0.4 is 0 Å². The lowest BCUT2D eigenvalue weighted by atomic mass is 10.1. The summed E-state index contributed by atoms with van der Waals surface area (Å²) >= 11 is 0. The van der Waals surface area contributed by atoms with Crippen LogP contribution >= 0.6 is 0 Å². The van der Waals surface area contributed by atoms with Crippen LogP contribution in [0.1, 0.15) is 22.6 Å². The summed E-state index contributed by atoms with van der Waals surface area (Å²) in [5.41, 5.74) is -0.458. The Labute approximate surface area is 167 Å². The molecule has 0 aliphatic rings. The monoisotopic (exact) mass is 383 g/mol. The maximum atomic E-state index is 9.36. The fourth-order valence-corrected chi connectivity index (χ4v) is 2.89. The highest BCUT2D eigenvalue weighted by Gasteiger charge is 2.25. The van der Waals surface area contributed by atoms with E-state index in [1.807, 2.05) is 6.07 Å². The van der Waals surface area contributed by atoms with E-state index >= 15 is 0 Å². The molecule has 0 amide bonds. The molecule has 4 aromatic rings. The third kappa shape index (κ3) is 2.29. The SMILES string of the molecule is [C-]#[N+]c1nc2c(cc1C#N)c1nc(C#N)c(C#N)nc1c1nc(C#N)c([N+]#[C-])nc21. The van der Waals surface area contributed by atoms with Gasteiger partial charge in [-0.25, -0.2) is 15.0 Å². The van der Waals surface area contributed by atoms with E-state index in [0.29, 0.717) is 0 Å². The Morgan fingerprint density at radius 3 is 1.63 bits per heavy atom. The predicted octanol–water partition coefficient (Wildman–Crippen LogP) is 2.71. The average molecular weight is 383 g/mol. The minimum Gasteiger partial charge on any atom is -0.360 e. The minimum atomic E-state index is -0.275. The van der Waals surface area contributed by atoms with Gasteiger partial charge < -0.3 is 9.69 Å². The molecular weight excluding hydrogens is 382 g/mol. The van der Waals surface area contributed by atoms with Crippen LogP contribution in [0.2, 0.25) is 0 Å². The third-order valence-electron chi connectivity index (χ3n) is 4.13. The van der Waals surface area contributed by atoms with Gasteiger partial charge in [-0.1, -0.05) is 13.1 Å². The Bertz CT molecular complexity index is 1350. The second-order valence-electron chi connectivity index (χ2n) is 5.64. The number of fused-ring (bicyclic) bond motifs is 6. The van der Waals surface area contributed by atoms with Crippen LogP contribution in [0.4, 0.5) is 11.6 Å². The average Bonchev–Trinajstić information content (AvgIpc) is 2.81. The summed E-state index contributed by atoms with van der Waals surface area (Å²) in [6.45, 7) is 14.5. The molecule has 0 spiro atoms. The molecule has 3 aromatic heterocycles. The largest absolute Gasteiger partial charge is 0.360 e. The number of aromatic nitrogens is 5. The number of hydrogen-bond acceptors (Lipinski definition) is 9. The molecule has 0 fully saturated rings. The Morgan fingerprint density at radius 2 is 1.07 bits per heavy atom. The molecule has 1 aromatic carbocycles. The van der Waals surface area contributed by atoms with E-state index in [1.54, 1.807) is 18.2 Å². The zero-order chi connectivity index (χ0) is 21.4. The van der Waals surface area contributed by atoms with Crippen LogP contribution in [0, 0.1) is 58.5 Å². The van der Waals surface area contributed by atoms with Crippen molar-refractivity contribution in [2.45, 2.75) is 0 Å². The molecule has 0 aliphatic carbocycles.